The van der Waals surface area contributed by atoms with E-state index in [1.165, 1.54) is 18.5 Å². The fraction of sp³-hybridized carbons (Fsp3) is 0.700. The number of nitrogens with zero attached hydrogens (tertiary/aromatic N) is 1. The summed E-state index contributed by atoms with van der Waals surface area (Å²) in [6.07, 6.45) is 4.82. The van der Waals surface area contributed by atoms with Gasteiger partial charge >= 0.3 is 0 Å². The van der Waals surface area contributed by atoms with Crippen molar-refractivity contribution in [3.63, 3.8) is 0 Å². The van der Waals surface area contributed by atoms with E-state index in [1.54, 1.807) is 0 Å². The predicted molar refractivity (Wildman–Crippen MR) is 92.9 cm³/mol. The molecule has 2 unspecified atom stereocenters. The summed E-state index contributed by atoms with van der Waals surface area (Å²) in [5, 5.41) is 0. The molecule has 3 aliphatic rings. The highest BCUT2D eigenvalue weighted by Gasteiger charge is 2.43. The van der Waals surface area contributed by atoms with E-state index in [0.717, 1.165) is 58.1 Å². The zero-order chi connectivity index (χ0) is 16.2. The molecule has 0 saturated carbocycles. The Kier molecular flexibility index (Phi) is 5.18. The van der Waals surface area contributed by atoms with Crippen LogP contribution in [-0.4, -0.2) is 56.1 Å². The van der Waals surface area contributed by atoms with Crippen molar-refractivity contribution in [3.8, 4) is 0 Å². The Bertz CT molecular complexity index is 507. The van der Waals surface area contributed by atoms with Crippen LogP contribution < -0.4 is 0 Å². The molecule has 0 bridgehead atoms. The Morgan fingerprint density at radius 2 is 1.96 bits per heavy atom. The maximum atomic E-state index is 6.22. The summed E-state index contributed by atoms with van der Waals surface area (Å²) >= 11 is 0. The summed E-state index contributed by atoms with van der Waals surface area (Å²) in [6, 6.07) is 10.4. The zero-order valence-corrected chi connectivity index (χ0v) is 14.5. The molecular weight excluding hydrogens is 302 g/mol. The first-order chi connectivity index (χ1) is 11.8. The van der Waals surface area contributed by atoms with Crippen LogP contribution in [0.4, 0.5) is 0 Å². The van der Waals surface area contributed by atoms with Gasteiger partial charge in [0.25, 0.3) is 0 Å². The zero-order valence-electron chi connectivity index (χ0n) is 14.5. The average molecular weight is 331 g/mol. The van der Waals surface area contributed by atoms with Gasteiger partial charge in [-0.3, -0.25) is 0 Å². The molecule has 0 amide bonds. The van der Waals surface area contributed by atoms with E-state index in [0.29, 0.717) is 6.61 Å². The summed E-state index contributed by atoms with van der Waals surface area (Å²) in [7, 11) is 0. The fourth-order valence-corrected chi connectivity index (χ4v) is 4.28. The Hall–Kier alpha value is -0.940. The van der Waals surface area contributed by atoms with E-state index < -0.39 is 0 Å². The molecule has 3 heterocycles. The molecule has 3 saturated heterocycles. The molecule has 3 aliphatic heterocycles. The van der Waals surface area contributed by atoms with E-state index in [4.69, 9.17) is 14.2 Å². The Morgan fingerprint density at radius 1 is 1.12 bits per heavy atom. The maximum Gasteiger partial charge on any atom is 0.0840 e. The van der Waals surface area contributed by atoms with E-state index in [9.17, 15) is 0 Å². The minimum absolute atomic E-state index is 0.0734. The summed E-state index contributed by atoms with van der Waals surface area (Å²) in [5.74, 6) is 0.741. The van der Waals surface area contributed by atoms with Gasteiger partial charge in [0.1, 0.15) is 0 Å². The molecule has 2 atom stereocenters. The van der Waals surface area contributed by atoms with Crippen molar-refractivity contribution in [2.75, 3.05) is 39.5 Å². The van der Waals surface area contributed by atoms with Crippen LogP contribution in [-0.2, 0) is 20.8 Å². The molecule has 1 spiro atoms. The number of benzene rings is 1. The first kappa shape index (κ1) is 16.5. The Morgan fingerprint density at radius 3 is 2.71 bits per heavy atom. The largest absolute Gasteiger partial charge is 0.381 e. The SMILES string of the molecule is c1ccc(COC2COC3(CCN(CC4CCOC4)CC3)C2)cc1. The number of piperidine rings is 1. The normalized spacial score (nSPS) is 30.2. The van der Waals surface area contributed by atoms with Gasteiger partial charge in [-0.1, -0.05) is 30.3 Å². The summed E-state index contributed by atoms with van der Waals surface area (Å²) in [4.78, 5) is 2.60. The van der Waals surface area contributed by atoms with Crippen LogP contribution in [0.25, 0.3) is 0 Å². The predicted octanol–water partition coefficient (Wildman–Crippen LogP) is 2.86. The van der Waals surface area contributed by atoms with Gasteiger partial charge in [0.2, 0.25) is 0 Å². The van der Waals surface area contributed by atoms with Crippen molar-refractivity contribution >= 4 is 0 Å². The lowest BCUT2D eigenvalue weighted by Gasteiger charge is -2.39. The van der Waals surface area contributed by atoms with Crippen molar-refractivity contribution in [3.05, 3.63) is 35.9 Å². The summed E-state index contributed by atoms with van der Waals surface area (Å²) < 4.78 is 17.8. The molecule has 24 heavy (non-hydrogen) atoms. The number of likely N-dealkylation sites (tertiary alicyclic amines) is 1. The molecule has 3 fully saturated rings. The molecule has 4 nitrogen and oxygen atoms in total. The van der Waals surface area contributed by atoms with Gasteiger partial charge in [-0.15, -0.1) is 0 Å². The fourth-order valence-electron chi connectivity index (χ4n) is 4.28. The van der Waals surface area contributed by atoms with Gasteiger partial charge in [0, 0.05) is 32.7 Å². The first-order valence-electron chi connectivity index (χ1n) is 9.41. The Balaban J connectivity index is 1.21. The number of hydrogen-bond donors (Lipinski definition) is 0. The number of rotatable bonds is 5. The van der Waals surface area contributed by atoms with Crippen molar-refractivity contribution in [1.82, 2.24) is 4.90 Å². The highest BCUT2D eigenvalue weighted by atomic mass is 16.6. The third kappa shape index (κ3) is 3.99. The summed E-state index contributed by atoms with van der Waals surface area (Å²) in [5.41, 5.74) is 1.32. The Labute approximate surface area is 145 Å². The van der Waals surface area contributed by atoms with Gasteiger partial charge in [-0.2, -0.15) is 0 Å². The molecule has 0 N–H and O–H groups in total. The lowest BCUT2D eigenvalue weighted by Crippen LogP contribution is -2.45. The molecule has 0 aliphatic carbocycles. The standard InChI is InChI=1S/C20H29NO3/c1-2-4-17(5-3-1)15-23-19-12-20(24-16-19)7-9-21(10-8-20)13-18-6-11-22-14-18/h1-5,18-19H,6-16H2. The van der Waals surface area contributed by atoms with E-state index in [1.807, 2.05) is 6.07 Å². The lowest BCUT2D eigenvalue weighted by atomic mass is 9.87. The smallest absolute Gasteiger partial charge is 0.0840 e. The van der Waals surface area contributed by atoms with Crippen LogP contribution in [0.5, 0.6) is 0 Å². The molecule has 1 aromatic carbocycles. The topological polar surface area (TPSA) is 30.9 Å². The van der Waals surface area contributed by atoms with Crippen LogP contribution in [0.2, 0.25) is 0 Å². The monoisotopic (exact) mass is 331 g/mol. The second-order valence-electron chi connectivity index (χ2n) is 7.65. The van der Waals surface area contributed by atoms with E-state index >= 15 is 0 Å². The highest BCUT2D eigenvalue weighted by molar-refractivity contribution is 5.13. The van der Waals surface area contributed by atoms with Crippen LogP contribution in [0, 0.1) is 5.92 Å². The first-order valence-corrected chi connectivity index (χ1v) is 9.41. The maximum absolute atomic E-state index is 6.22. The minimum Gasteiger partial charge on any atom is -0.381 e. The van der Waals surface area contributed by atoms with Crippen LogP contribution in [0.15, 0.2) is 30.3 Å². The molecule has 4 rings (SSSR count). The van der Waals surface area contributed by atoms with Crippen molar-refractivity contribution < 1.29 is 14.2 Å². The molecule has 0 radical (unpaired) electrons. The van der Waals surface area contributed by atoms with Gasteiger partial charge in [-0.05, 0) is 30.7 Å². The van der Waals surface area contributed by atoms with E-state index in [2.05, 4.69) is 29.2 Å². The van der Waals surface area contributed by atoms with Gasteiger partial charge in [0.05, 0.1) is 31.5 Å². The lowest BCUT2D eigenvalue weighted by molar-refractivity contribution is -0.0475. The molecule has 1 aromatic rings. The molecular formula is C20H29NO3. The average Bonchev–Trinajstić information content (AvgIpc) is 3.27. The second-order valence-corrected chi connectivity index (χ2v) is 7.65. The second kappa shape index (κ2) is 7.52. The highest BCUT2D eigenvalue weighted by Crippen LogP contribution is 2.37. The van der Waals surface area contributed by atoms with Crippen molar-refractivity contribution in [2.45, 2.75) is 44.0 Å². The molecule has 0 aromatic heterocycles. The van der Waals surface area contributed by atoms with E-state index in [-0.39, 0.29) is 11.7 Å². The molecule has 4 heteroatoms. The van der Waals surface area contributed by atoms with Gasteiger partial charge in [-0.25, -0.2) is 0 Å². The third-order valence-electron chi connectivity index (χ3n) is 5.81. The number of ether oxygens (including phenoxy) is 3. The van der Waals surface area contributed by atoms with Crippen molar-refractivity contribution in [1.29, 1.82) is 0 Å². The third-order valence-corrected chi connectivity index (χ3v) is 5.81. The van der Waals surface area contributed by atoms with Crippen molar-refractivity contribution in [2.24, 2.45) is 5.92 Å². The number of hydrogen-bond acceptors (Lipinski definition) is 4. The van der Waals surface area contributed by atoms with Crippen LogP contribution in [0.3, 0.4) is 0 Å². The summed E-state index contributed by atoms with van der Waals surface area (Å²) in [6.45, 7) is 6.86. The van der Waals surface area contributed by atoms with Gasteiger partial charge in [0.15, 0.2) is 0 Å². The van der Waals surface area contributed by atoms with Crippen LogP contribution >= 0.6 is 0 Å². The minimum atomic E-state index is 0.0734. The van der Waals surface area contributed by atoms with Crippen LogP contribution in [0.1, 0.15) is 31.2 Å². The quantitative estimate of drug-likeness (QED) is 0.830. The molecule has 132 valence electrons. The van der Waals surface area contributed by atoms with Gasteiger partial charge < -0.3 is 19.1 Å².